The molecule has 2 N–H and O–H groups in total. The van der Waals surface area contributed by atoms with Gasteiger partial charge in [0, 0.05) is 12.6 Å². The Hall–Kier alpha value is -2.75. The van der Waals surface area contributed by atoms with Crippen molar-refractivity contribution in [3.8, 4) is 11.6 Å². The van der Waals surface area contributed by atoms with E-state index in [1.165, 1.54) is 6.33 Å². The molecule has 2 bridgehead atoms. The van der Waals surface area contributed by atoms with Crippen LogP contribution in [0.15, 0.2) is 30.6 Å². The van der Waals surface area contributed by atoms with Crippen molar-refractivity contribution in [3.05, 3.63) is 41.4 Å². The van der Waals surface area contributed by atoms with Crippen LogP contribution in [-0.4, -0.2) is 53.0 Å². The van der Waals surface area contributed by atoms with Gasteiger partial charge in [0.1, 0.15) is 40.9 Å². The number of aromatic nitrogens is 3. The van der Waals surface area contributed by atoms with Crippen LogP contribution in [-0.2, 0) is 4.74 Å². The summed E-state index contributed by atoms with van der Waals surface area (Å²) in [6, 6.07) is 6.81. The molecule has 1 atom stereocenters. The summed E-state index contributed by atoms with van der Waals surface area (Å²) < 4.78 is 32.7. The molecule has 0 radical (unpaired) electrons. The zero-order chi connectivity index (χ0) is 22.4. The van der Waals surface area contributed by atoms with E-state index in [0.29, 0.717) is 41.0 Å². The Bertz CT molecular complexity index is 1190. The number of fused-ring (bicyclic) bond motifs is 2. The fourth-order valence-corrected chi connectivity index (χ4v) is 4.96. The number of nitrogens with one attached hydrogen (secondary N) is 2. The van der Waals surface area contributed by atoms with Crippen LogP contribution in [0.25, 0.3) is 11.0 Å². The van der Waals surface area contributed by atoms with E-state index in [2.05, 4.69) is 25.6 Å². The van der Waals surface area contributed by atoms with Gasteiger partial charge in [-0.1, -0.05) is 11.6 Å². The van der Waals surface area contributed by atoms with E-state index < -0.39 is 5.82 Å². The van der Waals surface area contributed by atoms with Gasteiger partial charge in [0.25, 0.3) is 0 Å². The van der Waals surface area contributed by atoms with Crippen LogP contribution in [0.5, 0.6) is 11.6 Å². The quantitative estimate of drug-likeness (QED) is 0.537. The SMILES string of the molecule is Fc1c(Nc2ncnc3ccc(O[C@H]4CCNC4)nc23)ccc(OCC23CC(CO2)C3)c1Cl. The summed E-state index contributed by atoms with van der Waals surface area (Å²) >= 11 is 6.29. The van der Waals surface area contributed by atoms with E-state index in [1.54, 1.807) is 18.2 Å². The molecule has 4 aliphatic rings. The molecular formula is C23H23ClFN5O3. The van der Waals surface area contributed by atoms with Gasteiger partial charge in [0.05, 0.1) is 17.8 Å². The van der Waals surface area contributed by atoms with Crippen molar-refractivity contribution in [2.75, 3.05) is 31.6 Å². The van der Waals surface area contributed by atoms with Gasteiger partial charge < -0.3 is 24.8 Å². The summed E-state index contributed by atoms with van der Waals surface area (Å²) in [6.07, 6.45) is 4.37. The van der Waals surface area contributed by atoms with Crippen LogP contribution in [0.2, 0.25) is 5.02 Å². The highest BCUT2D eigenvalue weighted by atomic mass is 35.5. The second kappa shape index (κ2) is 8.23. The molecule has 7 rings (SSSR count). The highest BCUT2D eigenvalue weighted by Gasteiger charge is 2.52. The first-order valence-electron chi connectivity index (χ1n) is 11.1. The van der Waals surface area contributed by atoms with Crippen LogP contribution >= 0.6 is 11.6 Å². The predicted molar refractivity (Wildman–Crippen MR) is 121 cm³/mol. The molecule has 172 valence electrons. The van der Waals surface area contributed by atoms with E-state index in [9.17, 15) is 0 Å². The minimum absolute atomic E-state index is 0.0692. The fraction of sp³-hybridized carbons (Fsp3) is 0.435. The summed E-state index contributed by atoms with van der Waals surface area (Å²) in [5.74, 6) is 1.13. The Morgan fingerprint density at radius 3 is 2.94 bits per heavy atom. The molecule has 1 saturated carbocycles. The monoisotopic (exact) mass is 471 g/mol. The number of hydrogen-bond donors (Lipinski definition) is 2. The molecule has 1 aromatic carbocycles. The molecule has 3 aliphatic heterocycles. The lowest BCUT2D eigenvalue weighted by Crippen LogP contribution is -2.42. The van der Waals surface area contributed by atoms with Crippen molar-refractivity contribution in [2.24, 2.45) is 5.92 Å². The maximum Gasteiger partial charge on any atom is 0.214 e. The number of pyridine rings is 1. The third-order valence-electron chi connectivity index (χ3n) is 6.50. The van der Waals surface area contributed by atoms with Crippen LogP contribution < -0.4 is 20.1 Å². The molecule has 0 spiro atoms. The Morgan fingerprint density at radius 1 is 1.24 bits per heavy atom. The Labute approximate surface area is 194 Å². The zero-order valence-corrected chi connectivity index (χ0v) is 18.6. The van der Waals surface area contributed by atoms with Crippen molar-refractivity contribution in [1.29, 1.82) is 0 Å². The molecule has 8 nitrogen and oxygen atoms in total. The number of anilines is 2. The second-order valence-electron chi connectivity index (χ2n) is 8.89. The van der Waals surface area contributed by atoms with Gasteiger partial charge in [-0.15, -0.1) is 0 Å². The summed E-state index contributed by atoms with van der Waals surface area (Å²) in [5, 5.41) is 6.16. The highest BCUT2D eigenvalue weighted by molar-refractivity contribution is 6.32. The minimum Gasteiger partial charge on any atom is -0.489 e. The van der Waals surface area contributed by atoms with Crippen molar-refractivity contribution >= 4 is 34.1 Å². The molecule has 0 unspecified atom stereocenters. The van der Waals surface area contributed by atoms with Gasteiger partial charge in [-0.25, -0.2) is 19.3 Å². The number of nitrogens with zero attached hydrogens (tertiary/aromatic N) is 3. The van der Waals surface area contributed by atoms with Crippen molar-refractivity contribution in [3.63, 3.8) is 0 Å². The molecule has 3 aromatic rings. The second-order valence-corrected chi connectivity index (χ2v) is 9.27. The Morgan fingerprint density at radius 2 is 2.15 bits per heavy atom. The topological polar surface area (TPSA) is 90.4 Å². The average Bonchev–Trinajstić information content (AvgIpc) is 3.55. The molecule has 1 aliphatic carbocycles. The van der Waals surface area contributed by atoms with Gasteiger partial charge in [0.2, 0.25) is 5.88 Å². The number of rotatable bonds is 7. The number of benzene rings is 1. The Balaban J connectivity index is 1.22. The zero-order valence-electron chi connectivity index (χ0n) is 17.8. The maximum atomic E-state index is 15.1. The standard InChI is InChI=1S/C23H23ClFN5O3/c24-19-17(31-11-23-7-13(8-23)10-32-23)3-1-15(20(19)25)29-22-21-16(27-12-28-22)2-4-18(30-21)33-14-5-6-26-9-14/h1-4,12-14,26H,5-11H2,(H,27,28,29)/t13?,14-,23?/m0/s1. The molecule has 33 heavy (non-hydrogen) atoms. The molecule has 5 heterocycles. The van der Waals surface area contributed by atoms with Gasteiger partial charge in [-0.2, -0.15) is 0 Å². The van der Waals surface area contributed by atoms with E-state index in [-0.39, 0.29) is 22.4 Å². The smallest absolute Gasteiger partial charge is 0.214 e. The summed E-state index contributed by atoms with van der Waals surface area (Å²) in [7, 11) is 0. The van der Waals surface area contributed by atoms with Gasteiger partial charge in [0.15, 0.2) is 11.6 Å². The fourth-order valence-electron chi connectivity index (χ4n) is 4.74. The average molecular weight is 472 g/mol. The molecule has 0 amide bonds. The first-order chi connectivity index (χ1) is 16.1. The summed E-state index contributed by atoms with van der Waals surface area (Å²) in [6.45, 7) is 2.85. The number of ether oxygens (including phenoxy) is 3. The van der Waals surface area contributed by atoms with Gasteiger partial charge in [-0.3, -0.25) is 0 Å². The lowest BCUT2D eigenvalue weighted by atomic mass is 9.75. The first kappa shape index (κ1) is 20.8. The minimum atomic E-state index is -0.623. The third-order valence-corrected chi connectivity index (χ3v) is 6.85. The molecule has 3 saturated heterocycles. The predicted octanol–water partition coefficient (Wildman–Crippen LogP) is 3.86. The molecule has 10 heteroatoms. The normalized spacial score (nSPS) is 25.8. The van der Waals surface area contributed by atoms with Crippen LogP contribution in [0.4, 0.5) is 15.9 Å². The summed E-state index contributed by atoms with van der Waals surface area (Å²) in [5.41, 5.74) is 1.03. The number of hydrogen-bond acceptors (Lipinski definition) is 8. The third kappa shape index (κ3) is 3.94. The van der Waals surface area contributed by atoms with Gasteiger partial charge in [-0.05, 0) is 49.9 Å². The maximum absolute atomic E-state index is 15.1. The first-order valence-corrected chi connectivity index (χ1v) is 11.5. The van der Waals surface area contributed by atoms with Gasteiger partial charge >= 0.3 is 0 Å². The van der Waals surface area contributed by atoms with Crippen molar-refractivity contribution in [2.45, 2.75) is 31.0 Å². The molecular weight excluding hydrogens is 449 g/mol. The highest BCUT2D eigenvalue weighted by Crippen LogP contribution is 2.48. The van der Waals surface area contributed by atoms with E-state index in [4.69, 9.17) is 25.8 Å². The van der Waals surface area contributed by atoms with Crippen LogP contribution in [0, 0.1) is 11.7 Å². The lowest BCUT2D eigenvalue weighted by molar-refractivity contribution is -0.0358. The summed E-state index contributed by atoms with van der Waals surface area (Å²) in [4.78, 5) is 13.1. The molecule has 2 aromatic heterocycles. The van der Waals surface area contributed by atoms with Crippen LogP contribution in [0.3, 0.4) is 0 Å². The van der Waals surface area contributed by atoms with Crippen LogP contribution in [0.1, 0.15) is 19.3 Å². The van der Waals surface area contributed by atoms with E-state index in [0.717, 1.165) is 39.0 Å². The van der Waals surface area contributed by atoms with E-state index >= 15 is 4.39 Å². The lowest BCUT2D eigenvalue weighted by Gasteiger charge is -2.35. The number of halogens is 2. The van der Waals surface area contributed by atoms with Crippen molar-refractivity contribution < 1.29 is 18.6 Å². The molecule has 4 fully saturated rings. The van der Waals surface area contributed by atoms with E-state index in [1.807, 2.05) is 6.07 Å². The van der Waals surface area contributed by atoms with Crippen molar-refractivity contribution in [1.82, 2.24) is 20.3 Å². The Kier molecular flexibility index (Phi) is 5.20. The largest absolute Gasteiger partial charge is 0.489 e.